The topological polar surface area (TPSA) is 59.1 Å². The molecule has 0 bridgehead atoms. The lowest BCUT2D eigenvalue weighted by Crippen LogP contribution is -2.59. The lowest BCUT2D eigenvalue weighted by Gasteiger charge is -2.42. The van der Waals surface area contributed by atoms with Crippen molar-refractivity contribution in [3.63, 3.8) is 0 Å². The van der Waals surface area contributed by atoms with E-state index in [9.17, 15) is 9.59 Å². The number of fused-ring (bicyclic) bond motifs is 1. The molecule has 0 aromatic heterocycles. The molecule has 2 amide bonds. The van der Waals surface area contributed by atoms with Gasteiger partial charge < -0.3 is 19.3 Å². The number of carbonyl (C=O) groups excluding carboxylic acids is 2. The van der Waals surface area contributed by atoms with Gasteiger partial charge in [0.25, 0.3) is 0 Å². The van der Waals surface area contributed by atoms with Gasteiger partial charge in [-0.1, -0.05) is 30.3 Å². The first kappa shape index (κ1) is 13.7. The third-order valence-electron chi connectivity index (χ3n) is 3.86. The van der Waals surface area contributed by atoms with Crippen molar-refractivity contribution in [1.29, 1.82) is 0 Å². The van der Waals surface area contributed by atoms with Crippen LogP contribution in [0.5, 0.6) is 0 Å². The highest BCUT2D eigenvalue weighted by atomic mass is 16.6. The summed E-state index contributed by atoms with van der Waals surface area (Å²) in [5.74, 6) is 0. The van der Waals surface area contributed by atoms with Gasteiger partial charge in [0.05, 0.1) is 12.6 Å². The number of benzene rings is 1. The average molecular weight is 290 g/mol. The lowest BCUT2D eigenvalue weighted by atomic mass is 10.1. The molecule has 3 rings (SSSR count). The van der Waals surface area contributed by atoms with E-state index >= 15 is 0 Å². The van der Waals surface area contributed by atoms with Crippen molar-refractivity contribution >= 4 is 12.2 Å². The maximum Gasteiger partial charge on any atom is 0.410 e. The van der Waals surface area contributed by atoms with Crippen LogP contribution in [0.2, 0.25) is 0 Å². The van der Waals surface area contributed by atoms with Crippen LogP contribution in [0.1, 0.15) is 12.0 Å². The number of hydrogen-bond donors (Lipinski definition) is 0. The molecule has 6 heteroatoms. The van der Waals surface area contributed by atoms with Crippen LogP contribution in [0, 0.1) is 0 Å². The van der Waals surface area contributed by atoms with Crippen LogP contribution in [-0.2, 0) is 16.1 Å². The predicted octanol–water partition coefficient (Wildman–Crippen LogP) is 1.85. The Balaban J connectivity index is 1.53. The minimum atomic E-state index is -0.322. The van der Waals surface area contributed by atoms with Crippen molar-refractivity contribution in [1.82, 2.24) is 9.80 Å². The Morgan fingerprint density at radius 2 is 2.10 bits per heavy atom. The molecule has 1 aromatic rings. The van der Waals surface area contributed by atoms with Crippen molar-refractivity contribution in [3.8, 4) is 0 Å². The summed E-state index contributed by atoms with van der Waals surface area (Å²) >= 11 is 0. The SMILES string of the molecule is O=C(OCc1ccccc1)N1CCN2C(=O)OCCC2C1. The molecule has 0 radical (unpaired) electrons. The van der Waals surface area contributed by atoms with Gasteiger partial charge in [0.15, 0.2) is 0 Å². The Hall–Kier alpha value is -2.24. The maximum atomic E-state index is 12.1. The molecule has 2 heterocycles. The number of hydrogen-bond acceptors (Lipinski definition) is 4. The van der Waals surface area contributed by atoms with E-state index in [0.717, 1.165) is 12.0 Å². The van der Waals surface area contributed by atoms with Crippen LogP contribution in [0.15, 0.2) is 30.3 Å². The van der Waals surface area contributed by atoms with Crippen molar-refractivity contribution < 1.29 is 19.1 Å². The van der Waals surface area contributed by atoms with Crippen LogP contribution in [-0.4, -0.2) is 54.3 Å². The number of rotatable bonds is 2. The summed E-state index contributed by atoms with van der Waals surface area (Å²) in [6.07, 6.45) is 0.162. The van der Waals surface area contributed by atoms with Gasteiger partial charge in [0.2, 0.25) is 0 Å². The molecule has 0 spiro atoms. The van der Waals surface area contributed by atoms with Gasteiger partial charge in [-0.3, -0.25) is 0 Å². The van der Waals surface area contributed by atoms with Crippen molar-refractivity contribution in [2.45, 2.75) is 19.1 Å². The van der Waals surface area contributed by atoms with E-state index in [2.05, 4.69) is 0 Å². The van der Waals surface area contributed by atoms with Gasteiger partial charge in [0.1, 0.15) is 6.61 Å². The van der Waals surface area contributed by atoms with E-state index in [-0.39, 0.29) is 24.8 Å². The summed E-state index contributed by atoms with van der Waals surface area (Å²) in [6.45, 7) is 2.20. The Morgan fingerprint density at radius 1 is 1.29 bits per heavy atom. The second-order valence-corrected chi connectivity index (χ2v) is 5.24. The van der Waals surface area contributed by atoms with E-state index in [1.165, 1.54) is 0 Å². The standard InChI is InChI=1S/C15H18N2O4/c18-14(21-11-12-4-2-1-3-5-12)16-7-8-17-13(10-16)6-9-20-15(17)19/h1-5,13H,6-11H2. The summed E-state index contributed by atoms with van der Waals surface area (Å²) in [5.41, 5.74) is 0.964. The third-order valence-corrected chi connectivity index (χ3v) is 3.86. The molecule has 2 aliphatic rings. The molecule has 1 atom stereocenters. The number of cyclic esters (lactones) is 1. The maximum absolute atomic E-state index is 12.1. The fraction of sp³-hybridized carbons (Fsp3) is 0.467. The highest BCUT2D eigenvalue weighted by Gasteiger charge is 2.36. The zero-order valence-electron chi connectivity index (χ0n) is 11.7. The molecule has 0 saturated carbocycles. The average Bonchev–Trinajstić information content (AvgIpc) is 2.53. The molecule has 2 saturated heterocycles. The quantitative estimate of drug-likeness (QED) is 0.834. The van der Waals surface area contributed by atoms with E-state index < -0.39 is 0 Å². The van der Waals surface area contributed by atoms with Gasteiger partial charge in [-0.2, -0.15) is 0 Å². The van der Waals surface area contributed by atoms with Gasteiger partial charge in [-0.15, -0.1) is 0 Å². The van der Waals surface area contributed by atoms with Crippen LogP contribution >= 0.6 is 0 Å². The van der Waals surface area contributed by atoms with Gasteiger partial charge in [-0.05, 0) is 5.56 Å². The van der Waals surface area contributed by atoms with Crippen LogP contribution in [0.3, 0.4) is 0 Å². The first-order valence-electron chi connectivity index (χ1n) is 7.13. The lowest BCUT2D eigenvalue weighted by molar-refractivity contribution is 0.00278. The third kappa shape index (κ3) is 3.09. The van der Waals surface area contributed by atoms with Crippen LogP contribution in [0.25, 0.3) is 0 Å². The molecular weight excluding hydrogens is 272 g/mol. The van der Waals surface area contributed by atoms with Crippen LogP contribution in [0.4, 0.5) is 9.59 Å². The van der Waals surface area contributed by atoms with Crippen molar-refractivity contribution in [2.24, 2.45) is 0 Å². The summed E-state index contributed by atoms with van der Waals surface area (Å²) < 4.78 is 10.3. The predicted molar refractivity (Wildman–Crippen MR) is 74.7 cm³/mol. The number of ether oxygens (including phenoxy) is 2. The molecule has 2 aliphatic heterocycles. The molecule has 0 N–H and O–H groups in total. The number of piperazine rings is 1. The minimum absolute atomic E-state index is 0.0456. The van der Waals surface area contributed by atoms with Crippen LogP contribution < -0.4 is 0 Å². The summed E-state index contributed by atoms with van der Waals surface area (Å²) in [4.78, 5) is 27.0. The molecule has 1 aromatic carbocycles. The highest BCUT2D eigenvalue weighted by molar-refractivity contribution is 5.71. The Kier molecular flexibility index (Phi) is 3.94. The molecule has 0 aliphatic carbocycles. The first-order valence-corrected chi connectivity index (χ1v) is 7.13. The zero-order chi connectivity index (χ0) is 14.7. The Bertz CT molecular complexity index is 520. The monoisotopic (exact) mass is 290 g/mol. The molecule has 112 valence electrons. The van der Waals surface area contributed by atoms with Gasteiger partial charge in [0, 0.05) is 26.1 Å². The fourth-order valence-electron chi connectivity index (χ4n) is 2.68. The number of carbonyl (C=O) groups is 2. The largest absolute Gasteiger partial charge is 0.449 e. The second kappa shape index (κ2) is 6.03. The highest BCUT2D eigenvalue weighted by Crippen LogP contribution is 2.19. The summed E-state index contributed by atoms with van der Waals surface area (Å²) in [5, 5.41) is 0. The van der Waals surface area contributed by atoms with Crippen molar-refractivity contribution in [3.05, 3.63) is 35.9 Å². The second-order valence-electron chi connectivity index (χ2n) is 5.24. The van der Waals surface area contributed by atoms with E-state index in [1.807, 2.05) is 30.3 Å². The van der Waals surface area contributed by atoms with E-state index in [4.69, 9.17) is 9.47 Å². The number of nitrogens with zero attached hydrogens (tertiary/aromatic N) is 2. The van der Waals surface area contributed by atoms with Gasteiger partial charge in [-0.25, -0.2) is 9.59 Å². The Labute approximate surface area is 123 Å². The van der Waals surface area contributed by atoms with E-state index in [0.29, 0.717) is 26.2 Å². The molecule has 6 nitrogen and oxygen atoms in total. The minimum Gasteiger partial charge on any atom is -0.449 e. The fourth-order valence-corrected chi connectivity index (χ4v) is 2.68. The summed E-state index contributed by atoms with van der Waals surface area (Å²) in [7, 11) is 0. The molecule has 2 fully saturated rings. The molecule has 1 unspecified atom stereocenters. The number of amides is 2. The molecule has 21 heavy (non-hydrogen) atoms. The Morgan fingerprint density at radius 3 is 2.90 bits per heavy atom. The van der Waals surface area contributed by atoms with E-state index in [1.54, 1.807) is 9.80 Å². The van der Waals surface area contributed by atoms with Gasteiger partial charge >= 0.3 is 12.2 Å². The normalized spacial score (nSPS) is 21.5. The first-order chi connectivity index (χ1) is 10.2. The summed E-state index contributed by atoms with van der Waals surface area (Å²) in [6, 6.07) is 9.63. The smallest absolute Gasteiger partial charge is 0.410 e. The molecular formula is C15H18N2O4. The van der Waals surface area contributed by atoms with Crippen molar-refractivity contribution in [2.75, 3.05) is 26.2 Å². The zero-order valence-corrected chi connectivity index (χ0v) is 11.7.